The Morgan fingerprint density at radius 2 is 1.78 bits per heavy atom. The number of nitriles is 1. The van der Waals surface area contributed by atoms with Crippen molar-refractivity contribution in [1.29, 1.82) is 5.26 Å². The van der Waals surface area contributed by atoms with Gasteiger partial charge >= 0.3 is 0 Å². The highest BCUT2D eigenvalue weighted by molar-refractivity contribution is 5.62. The highest BCUT2D eigenvalue weighted by atomic mass is 16.5. The van der Waals surface area contributed by atoms with Crippen LogP contribution in [0.4, 0.5) is 5.69 Å². The summed E-state index contributed by atoms with van der Waals surface area (Å²) < 4.78 is 5.70. The Morgan fingerprint density at radius 1 is 1.06 bits per heavy atom. The summed E-state index contributed by atoms with van der Waals surface area (Å²) in [4.78, 5) is 0. The number of anilines is 1. The Hall–Kier alpha value is -2.47. The highest BCUT2D eigenvalue weighted by Gasteiger charge is 2.37. The number of para-hydroxylation sites is 2. The number of nitrogens with zero attached hydrogens (tertiary/aromatic N) is 1. The lowest BCUT2D eigenvalue weighted by Gasteiger charge is -2.34. The van der Waals surface area contributed by atoms with Crippen molar-refractivity contribution >= 4 is 5.69 Å². The third-order valence-corrected chi connectivity index (χ3v) is 3.14. The molecule has 1 aliphatic heterocycles. The molecular formula is C15H12N2O. The van der Waals surface area contributed by atoms with Gasteiger partial charge in [0.15, 0.2) is 5.54 Å². The first kappa shape index (κ1) is 10.7. The van der Waals surface area contributed by atoms with Crippen molar-refractivity contribution in [2.24, 2.45) is 0 Å². The Bertz CT molecular complexity index is 603. The summed E-state index contributed by atoms with van der Waals surface area (Å²) in [7, 11) is 0. The van der Waals surface area contributed by atoms with E-state index in [2.05, 4.69) is 11.4 Å². The molecule has 0 saturated carbocycles. The lowest BCUT2D eigenvalue weighted by molar-refractivity contribution is 0.253. The standard InChI is InChI=1S/C15H12N2O/c16-10-15(12-6-2-1-3-7-12)11-18-14-9-5-4-8-13(14)17-15/h1-9,17H,11H2. The van der Waals surface area contributed by atoms with Crippen molar-refractivity contribution in [2.75, 3.05) is 11.9 Å². The van der Waals surface area contributed by atoms with Crippen molar-refractivity contribution in [3.8, 4) is 11.8 Å². The monoisotopic (exact) mass is 236 g/mol. The molecule has 3 rings (SSSR count). The molecule has 2 aromatic carbocycles. The minimum atomic E-state index is -0.810. The first-order chi connectivity index (χ1) is 8.84. The van der Waals surface area contributed by atoms with Crippen LogP contribution in [-0.4, -0.2) is 6.61 Å². The van der Waals surface area contributed by atoms with Crippen molar-refractivity contribution in [3.63, 3.8) is 0 Å². The van der Waals surface area contributed by atoms with Gasteiger partial charge in [-0.3, -0.25) is 0 Å². The van der Waals surface area contributed by atoms with Crippen LogP contribution in [-0.2, 0) is 5.54 Å². The second-order valence-corrected chi connectivity index (χ2v) is 4.29. The summed E-state index contributed by atoms with van der Waals surface area (Å²) in [5, 5.41) is 12.8. The van der Waals surface area contributed by atoms with Crippen LogP contribution >= 0.6 is 0 Å². The first-order valence-electron chi connectivity index (χ1n) is 5.81. The Balaban J connectivity index is 2.05. The average molecular weight is 236 g/mol. The van der Waals surface area contributed by atoms with E-state index < -0.39 is 5.54 Å². The zero-order valence-electron chi connectivity index (χ0n) is 9.76. The van der Waals surface area contributed by atoms with Crippen LogP contribution in [0.25, 0.3) is 0 Å². The van der Waals surface area contributed by atoms with Crippen molar-refractivity contribution < 1.29 is 4.74 Å². The number of rotatable bonds is 1. The van der Waals surface area contributed by atoms with Gasteiger partial charge in [-0.1, -0.05) is 42.5 Å². The van der Waals surface area contributed by atoms with Gasteiger partial charge in [0.25, 0.3) is 0 Å². The van der Waals surface area contributed by atoms with Crippen LogP contribution in [0.15, 0.2) is 54.6 Å². The molecule has 3 nitrogen and oxygen atoms in total. The van der Waals surface area contributed by atoms with E-state index in [1.165, 1.54) is 0 Å². The average Bonchev–Trinajstić information content (AvgIpc) is 2.47. The maximum atomic E-state index is 9.53. The predicted molar refractivity (Wildman–Crippen MR) is 69.3 cm³/mol. The normalized spacial score (nSPS) is 21.1. The Kier molecular flexibility index (Phi) is 2.42. The fourth-order valence-electron chi connectivity index (χ4n) is 2.15. The van der Waals surface area contributed by atoms with E-state index in [0.717, 1.165) is 17.0 Å². The topological polar surface area (TPSA) is 45.0 Å². The van der Waals surface area contributed by atoms with Gasteiger partial charge in [-0.15, -0.1) is 0 Å². The molecule has 0 spiro atoms. The van der Waals surface area contributed by atoms with Crippen LogP contribution in [0, 0.1) is 11.3 Å². The quantitative estimate of drug-likeness (QED) is 0.828. The highest BCUT2D eigenvalue weighted by Crippen LogP contribution is 2.36. The zero-order chi connectivity index (χ0) is 12.4. The van der Waals surface area contributed by atoms with E-state index >= 15 is 0 Å². The third-order valence-electron chi connectivity index (χ3n) is 3.14. The van der Waals surface area contributed by atoms with Gasteiger partial charge in [-0.2, -0.15) is 5.26 Å². The SMILES string of the molecule is N#CC1(c2ccccc2)COc2ccccc2N1. The fourth-order valence-corrected chi connectivity index (χ4v) is 2.15. The molecule has 1 heterocycles. The zero-order valence-corrected chi connectivity index (χ0v) is 9.76. The molecule has 88 valence electrons. The van der Waals surface area contributed by atoms with Gasteiger partial charge in [-0.05, 0) is 17.7 Å². The van der Waals surface area contributed by atoms with E-state index in [1.54, 1.807) is 0 Å². The summed E-state index contributed by atoms with van der Waals surface area (Å²) >= 11 is 0. The van der Waals surface area contributed by atoms with Crippen LogP contribution in [0.2, 0.25) is 0 Å². The van der Waals surface area contributed by atoms with Crippen LogP contribution in [0.3, 0.4) is 0 Å². The van der Waals surface area contributed by atoms with Crippen molar-refractivity contribution in [2.45, 2.75) is 5.54 Å². The largest absolute Gasteiger partial charge is 0.487 e. The molecule has 1 atom stereocenters. The van der Waals surface area contributed by atoms with Gasteiger partial charge in [-0.25, -0.2) is 0 Å². The Labute approximate surface area is 106 Å². The van der Waals surface area contributed by atoms with E-state index in [4.69, 9.17) is 4.74 Å². The summed E-state index contributed by atoms with van der Waals surface area (Å²) in [6.07, 6.45) is 0. The number of fused-ring (bicyclic) bond motifs is 1. The van der Waals surface area contributed by atoms with Crippen molar-refractivity contribution in [3.05, 3.63) is 60.2 Å². The van der Waals surface area contributed by atoms with Gasteiger partial charge in [0, 0.05) is 0 Å². The molecule has 0 fully saturated rings. The number of hydrogen-bond acceptors (Lipinski definition) is 3. The van der Waals surface area contributed by atoms with Crippen LogP contribution in [0.1, 0.15) is 5.56 Å². The van der Waals surface area contributed by atoms with Gasteiger partial charge in [0.2, 0.25) is 0 Å². The molecule has 0 bridgehead atoms. The Morgan fingerprint density at radius 3 is 2.56 bits per heavy atom. The maximum absolute atomic E-state index is 9.53. The van der Waals surface area contributed by atoms with Gasteiger partial charge < -0.3 is 10.1 Å². The molecule has 1 aliphatic rings. The third kappa shape index (κ3) is 1.59. The van der Waals surface area contributed by atoms with Gasteiger partial charge in [0.1, 0.15) is 12.4 Å². The molecule has 0 saturated heterocycles. The summed E-state index contributed by atoms with van der Waals surface area (Å²) in [6, 6.07) is 19.7. The molecule has 1 unspecified atom stereocenters. The summed E-state index contributed by atoms with van der Waals surface area (Å²) in [5.41, 5.74) is 0.964. The van der Waals surface area contributed by atoms with E-state index in [-0.39, 0.29) is 0 Å². The second kappa shape index (κ2) is 4.08. The minimum absolute atomic E-state index is 0.310. The number of nitrogens with one attached hydrogen (secondary N) is 1. The summed E-state index contributed by atoms with van der Waals surface area (Å²) in [5.74, 6) is 0.791. The first-order valence-corrected chi connectivity index (χ1v) is 5.81. The van der Waals surface area contributed by atoms with E-state index in [9.17, 15) is 5.26 Å². The van der Waals surface area contributed by atoms with Gasteiger partial charge in [0.05, 0.1) is 11.8 Å². The number of ether oxygens (including phenoxy) is 1. The number of benzene rings is 2. The van der Waals surface area contributed by atoms with E-state index in [0.29, 0.717) is 6.61 Å². The molecule has 0 amide bonds. The van der Waals surface area contributed by atoms with Crippen LogP contribution in [0.5, 0.6) is 5.75 Å². The molecule has 0 radical (unpaired) electrons. The molecular weight excluding hydrogens is 224 g/mol. The molecule has 2 aromatic rings. The molecule has 0 aliphatic carbocycles. The molecule has 1 N–H and O–H groups in total. The van der Waals surface area contributed by atoms with E-state index in [1.807, 2.05) is 54.6 Å². The molecule has 3 heteroatoms. The second-order valence-electron chi connectivity index (χ2n) is 4.29. The predicted octanol–water partition coefficient (Wildman–Crippen LogP) is 2.91. The smallest absolute Gasteiger partial charge is 0.185 e. The fraction of sp³-hybridized carbons (Fsp3) is 0.133. The van der Waals surface area contributed by atoms with Crippen molar-refractivity contribution in [1.82, 2.24) is 0 Å². The lowest BCUT2D eigenvalue weighted by Crippen LogP contribution is -2.42. The summed E-state index contributed by atoms with van der Waals surface area (Å²) in [6.45, 7) is 0.310. The molecule has 0 aromatic heterocycles. The lowest BCUT2D eigenvalue weighted by atomic mass is 9.90. The number of hydrogen-bond donors (Lipinski definition) is 1. The maximum Gasteiger partial charge on any atom is 0.185 e. The minimum Gasteiger partial charge on any atom is -0.487 e. The molecule has 18 heavy (non-hydrogen) atoms. The van der Waals surface area contributed by atoms with Crippen LogP contribution < -0.4 is 10.1 Å².